The fraction of sp³-hybridized carbons (Fsp3) is 0.500. The maximum Gasteiger partial charge on any atom is 0.264 e. The van der Waals surface area contributed by atoms with Gasteiger partial charge in [0.2, 0.25) is 5.91 Å². The molecule has 2 atom stereocenters. The number of anilines is 1. The van der Waals surface area contributed by atoms with Crippen LogP contribution in [0.25, 0.3) is 0 Å². The van der Waals surface area contributed by atoms with E-state index in [1.54, 1.807) is 36.4 Å². The van der Waals surface area contributed by atoms with Crippen LogP contribution in [0.5, 0.6) is 11.5 Å². The van der Waals surface area contributed by atoms with Gasteiger partial charge in [-0.15, -0.1) is 0 Å². The average Bonchev–Trinajstić information content (AvgIpc) is 3.17. The summed E-state index contributed by atoms with van der Waals surface area (Å²) >= 11 is 0. The molecule has 1 heterocycles. The molecule has 2 aromatic carbocycles. The smallest absolute Gasteiger partial charge is 0.264 e. The summed E-state index contributed by atoms with van der Waals surface area (Å²) < 4.78 is 23.4. The standard InChI is InChI=1S/C30H40N2O6S/c1-5-7-8-9-10-11-12-16-27(33)31-23-15-13-14-22-28(23)30(35)32(29(22)34)24(20-39(4)36)21-17-18-25(37-3)26(19-21)38-6-2/h13-15,17-19,24H,5-12,16,20H2,1-4H3,(H,31,33). The molecule has 0 bridgehead atoms. The summed E-state index contributed by atoms with van der Waals surface area (Å²) in [7, 11) is 0.216. The molecule has 1 aliphatic rings. The molecule has 0 saturated heterocycles. The Hall–Kier alpha value is -3.20. The Labute approximate surface area is 233 Å². The number of imide groups is 1. The highest BCUT2D eigenvalue weighted by Gasteiger charge is 2.42. The monoisotopic (exact) mass is 556 g/mol. The lowest BCUT2D eigenvalue weighted by molar-refractivity contribution is -0.116. The Kier molecular flexibility index (Phi) is 11.5. The third-order valence-electron chi connectivity index (χ3n) is 6.80. The quantitative estimate of drug-likeness (QED) is 0.204. The van der Waals surface area contributed by atoms with Crippen molar-refractivity contribution in [2.24, 2.45) is 0 Å². The van der Waals surface area contributed by atoms with Gasteiger partial charge in [-0.1, -0.05) is 57.6 Å². The first-order valence-electron chi connectivity index (χ1n) is 13.7. The summed E-state index contributed by atoms with van der Waals surface area (Å²) in [6.45, 7) is 4.43. The molecule has 1 N–H and O–H groups in total. The van der Waals surface area contributed by atoms with Gasteiger partial charge >= 0.3 is 0 Å². The molecule has 2 unspecified atom stereocenters. The molecule has 0 saturated carbocycles. The highest BCUT2D eigenvalue weighted by Crippen LogP contribution is 2.38. The maximum absolute atomic E-state index is 13.7. The van der Waals surface area contributed by atoms with Crippen molar-refractivity contribution in [3.05, 3.63) is 53.1 Å². The zero-order chi connectivity index (χ0) is 28.4. The van der Waals surface area contributed by atoms with Crippen LogP contribution in [0.15, 0.2) is 36.4 Å². The fourth-order valence-electron chi connectivity index (χ4n) is 4.86. The zero-order valence-corrected chi connectivity index (χ0v) is 24.2. The maximum atomic E-state index is 13.7. The highest BCUT2D eigenvalue weighted by atomic mass is 32.2. The number of fused-ring (bicyclic) bond motifs is 1. The second-order valence-electron chi connectivity index (χ2n) is 9.73. The van der Waals surface area contributed by atoms with Gasteiger partial charge in [0.15, 0.2) is 11.5 Å². The van der Waals surface area contributed by atoms with Crippen LogP contribution in [0.3, 0.4) is 0 Å². The van der Waals surface area contributed by atoms with Crippen LogP contribution in [0, 0.1) is 0 Å². The number of unbranched alkanes of at least 4 members (excludes halogenated alkanes) is 6. The van der Waals surface area contributed by atoms with E-state index in [1.807, 2.05) is 6.92 Å². The molecule has 8 nitrogen and oxygen atoms in total. The number of carbonyl (C=O) groups is 3. The summed E-state index contributed by atoms with van der Waals surface area (Å²) in [6, 6.07) is 9.26. The lowest BCUT2D eigenvalue weighted by atomic mass is 10.1. The minimum absolute atomic E-state index is 0.0588. The fourth-order valence-corrected chi connectivity index (χ4v) is 5.64. The van der Waals surface area contributed by atoms with Crippen LogP contribution >= 0.6 is 0 Å². The molecule has 2 aromatic rings. The van der Waals surface area contributed by atoms with Crippen LogP contribution in [0.1, 0.15) is 97.5 Å². The first-order valence-corrected chi connectivity index (χ1v) is 15.5. The molecule has 3 rings (SSSR count). The molecule has 0 aliphatic carbocycles. The second-order valence-corrected chi connectivity index (χ2v) is 11.2. The van der Waals surface area contributed by atoms with Crippen LogP contribution in [0.2, 0.25) is 0 Å². The summed E-state index contributed by atoms with van der Waals surface area (Å²) in [4.78, 5) is 41.1. The summed E-state index contributed by atoms with van der Waals surface area (Å²) in [6.07, 6.45) is 9.59. The highest BCUT2D eigenvalue weighted by molar-refractivity contribution is 7.84. The summed E-state index contributed by atoms with van der Waals surface area (Å²) in [5, 5.41) is 2.85. The number of hydrogen-bond acceptors (Lipinski definition) is 6. The van der Waals surface area contributed by atoms with E-state index in [1.165, 1.54) is 39.0 Å². The van der Waals surface area contributed by atoms with E-state index in [4.69, 9.17) is 9.47 Å². The lowest BCUT2D eigenvalue weighted by Gasteiger charge is -2.26. The van der Waals surface area contributed by atoms with Gasteiger partial charge in [-0.3, -0.25) is 23.5 Å². The Morgan fingerprint density at radius 2 is 1.69 bits per heavy atom. The zero-order valence-electron chi connectivity index (χ0n) is 23.4. The normalized spacial score (nSPS) is 14.2. The predicted molar refractivity (Wildman–Crippen MR) is 154 cm³/mol. The number of benzene rings is 2. The van der Waals surface area contributed by atoms with Crippen LogP contribution in [-0.2, 0) is 15.6 Å². The molecule has 0 fully saturated rings. The van der Waals surface area contributed by atoms with Gasteiger partial charge in [0.1, 0.15) is 0 Å². The van der Waals surface area contributed by atoms with Gasteiger partial charge in [-0.2, -0.15) is 0 Å². The predicted octanol–water partition coefficient (Wildman–Crippen LogP) is 5.89. The van der Waals surface area contributed by atoms with Crippen molar-refractivity contribution in [1.82, 2.24) is 4.90 Å². The van der Waals surface area contributed by atoms with Gasteiger partial charge in [0.25, 0.3) is 11.8 Å². The molecule has 0 spiro atoms. The Balaban J connectivity index is 1.80. The third kappa shape index (κ3) is 7.68. The minimum Gasteiger partial charge on any atom is -0.493 e. The van der Waals surface area contributed by atoms with Crippen LogP contribution in [0.4, 0.5) is 5.69 Å². The molecule has 9 heteroatoms. The number of ether oxygens (including phenoxy) is 2. The van der Waals surface area contributed by atoms with Gasteiger partial charge in [0, 0.05) is 29.2 Å². The molecule has 1 aliphatic heterocycles. The number of nitrogens with one attached hydrogen (secondary N) is 1. The molecular weight excluding hydrogens is 516 g/mol. The van der Waals surface area contributed by atoms with E-state index >= 15 is 0 Å². The van der Waals surface area contributed by atoms with E-state index in [-0.39, 0.29) is 22.8 Å². The van der Waals surface area contributed by atoms with Gasteiger partial charge < -0.3 is 14.8 Å². The molecule has 212 valence electrons. The molecule has 0 radical (unpaired) electrons. The van der Waals surface area contributed by atoms with Gasteiger partial charge in [-0.25, -0.2) is 0 Å². The van der Waals surface area contributed by atoms with E-state index in [9.17, 15) is 18.6 Å². The number of hydrogen-bond donors (Lipinski definition) is 1. The summed E-state index contributed by atoms with van der Waals surface area (Å²) in [5.74, 6) is -0.139. The van der Waals surface area contributed by atoms with Gasteiger partial charge in [-0.05, 0) is 43.2 Å². The largest absolute Gasteiger partial charge is 0.493 e. The first-order chi connectivity index (χ1) is 18.8. The number of nitrogens with zero attached hydrogens (tertiary/aromatic N) is 1. The van der Waals surface area contributed by atoms with Crippen molar-refractivity contribution in [2.75, 3.05) is 31.0 Å². The van der Waals surface area contributed by atoms with E-state index in [2.05, 4.69) is 12.2 Å². The third-order valence-corrected chi connectivity index (χ3v) is 7.59. The van der Waals surface area contributed by atoms with Crippen LogP contribution in [-0.4, -0.2) is 52.6 Å². The van der Waals surface area contributed by atoms with Crippen molar-refractivity contribution in [3.8, 4) is 11.5 Å². The van der Waals surface area contributed by atoms with Crippen molar-refractivity contribution in [1.29, 1.82) is 0 Å². The SMILES string of the molecule is CCCCCCCCCC(=O)Nc1cccc2c1C(=O)N(C(CS(C)=O)c1ccc(OC)c(OCC)c1)C2=O. The number of methoxy groups -OCH3 is 1. The van der Waals surface area contributed by atoms with E-state index in [0.717, 1.165) is 24.2 Å². The second kappa shape index (κ2) is 14.8. The number of amides is 3. The first kappa shape index (κ1) is 30.3. The molecule has 0 aromatic heterocycles. The van der Waals surface area contributed by atoms with E-state index < -0.39 is 28.7 Å². The molecule has 39 heavy (non-hydrogen) atoms. The lowest BCUT2D eigenvalue weighted by Crippen LogP contribution is -2.37. The van der Waals surface area contributed by atoms with Crippen molar-refractivity contribution in [2.45, 2.75) is 71.3 Å². The van der Waals surface area contributed by atoms with Gasteiger partial charge in [0.05, 0.1) is 36.6 Å². The van der Waals surface area contributed by atoms with Crippen molar-refractivity contribution >= 4 is 34.2 Å². The number of carbonyl (C=O) groups excluding carboxylic acids is 3. The summed E-state index contributed by atoms with van der Waals surface area (Å²) in [5.41, 5.74) is 1.32. The number of rotatable bonds is 16. The van der Waals surface area contributed by atoms with Crippen molar-refractivity contribution < 1.29 is 28.1 Å². The topological polar surface area (TPSA) is 102 Å². The molecular formula is C30H40N2O6S. The average molecular weight is 557 g/mol. The van der Waals surface area contributed by atoms with Crippen LogP contribution < -0.4 is 14.8 Å². The molecule has 3 amide bonds. The Bertz CT molecular complexity index is 1200. The Morgan fingerprint density at radius 1 is 0.974 bits per heavy atom. The minimum atomic E-state index is -1.32. The van der Waals surface area contributed by atoms with E-state index in [0.29, 0.717) is 35.8 Å². The van der Waals surface area contributed by atoms with Crippen molar-refractivity contribution in [3.63, 3.8) is 0 Å². The Morgan fingerprint density at radius 3 is 2.36 bits per heavy atom.